The Morgan fingerprint density at radius 3 is 2.95 bits per heavy atom. The molecule has 2 aromatic rings. The van der Waals surface area contributed by atoms with Gasteiger partial charge < -0.3 is 10.1 Å². The summed E-state index contributed by atoms with van der Waals surface area (Å²) < 4.78 is 6.99. The molecule has 0 unspecified atom stereocenters. The second kappa shape index (κ2) is 6.48. The molecule has 1 aromatic heterocycles. The first-order valence-corrected chi connectivity index (χ1v) is 7.92. The van der Waals surface area contributed by atoms with Gasteiger partial charge in [0.1, 0.15) is 0 Å². The fourth-order valence-electron chi connectivity index (χ4n) is 2.87. The normalized spacial score (nSPS) is 15.0. The monoisotopic (exact) mass is 301 g/mol. The fraction of sp³-hybridized carbons (Fsp3) is 0.529. The minimum atomic E-state index is -0.0526. The summed E-state index contributed by atoms with van der Waals surface area (Å²) in [6, 6.07) is 3.94. The molecule has 1 aliphatic rings. The maximum Gasteiger partial charge on any atom is 0.251 e. The van der Waals surface area contributed by atoms with Crippen LogP contribution in [0.1, 0.15) is 35.2 Å². The molecule has 5 nitrogen and oxygen atoms in total. The van der Waals surface area contributed by atoms with E-state index in [9.17, 15) is 4.79 Å². The molecule has 0 saturated heterocycles. The number of rotatable bonds is 6. The van der Waals surface area contributed by atoms with Crippen molar-refractivity contribution in [2.75, 3.05) is 20.3 Å². The molecular formula is C17H23N3O2. The van der Waals surface area contributed by atoms with Crippen LogP contribution < -0.4 is 5.32 Å². The van der Waals surface area contributed by atoms with Gasteiger partial charge in [-0.2, -0.15) is 5.10 Å². The van der Waals surface area contributed by atoms with Crippen molar-refractivity contribution in [2.45, 2.75) is 32.7 Å². The molecule has 1 saturated carbocycles. The van der Waals surface area contributed by atoms with Crippen molar-refractivity contribution in [1.82, 2.24) is 15.1 Å². The van der Waals surface area contributed by atoms with Crippen LogP contribution in [-0.4, -0.2) is 35.9 Å². The van der Waals surface area contributed by atoms with Crippen molar-refractivity contribution < 1.29 is 9.53 Å². The van der Waals surface area contributed by atoms with E-state index in [1.54, 1.807) is 7.11 Å². The highest BCUT2D eigenvalue weighted by atomic mass is 16.5. The summed E-state index contributed by atoms with van der Waals surface area (Å²) in [4.78, 5) is 12.2. The Hall–Kier alpha value is -1.88. The van der Waals surface area contributed by atoms with E-state index < -0.39 is 0 Å². The molecule has 0 bridgehead atoms. The Balaban J connectivity index is 1.78. The van der Waals surface area contributed by atoms with E-state index in [0.29, 0.717) is 18.7 Å². The molecule has 1 aromatic carbocycles. The van der Waals surface area contributed by atoms with E-state index in [2.05, 4.69) is 16.6 Å². The maximum atomic E-state index is 12.2. The highest BCUT2D eigenvalue weighted by Gasteiger charge is 2.19. The van der Waals surface area contributed by atoms with E-state index in [1.807, 2.05) is 23.7 Å². The second-order valence-corrected chi connectivity index (χ2v) is 6.12. The smallest absolute Gasteiger partial charge is 0.251 e. The van der Waals surface area contributed by atoms with Gasteiger partial charge in [0.2, 0.25) is 0 Å². The number of nitrogens with zero attached hydrogens (tertiary/aromatic N) is 2. The molecule has 1 fully saturated rings. The predicted octanol–water partition coefficient (Wildman–Crippen LogP) is 2.52. The standard InChI is InChI=1S/C17H23N3O2/c1-12-8-16-14(9-15(12)17(21)18-6-7-22-2)11-20(19-16)10-13-4-3-5-13/h8-9,11,13H,3-7,10H2,1-2H3,(H,18,21). The molecule has 1 heterocycles. The Morgan fingerprint density at radius 2 is 2.27 bits per heavy atom. The number of aromatic nitrogens is 2. The lowest BCUT2D eigenvalue weighted by atomic mass is 9.85. The van der Waals surface area contributed by atoms with Gasteiger partial charge in [-0.25, -0.2) is 0 Å². The summed E-state index contributed by atoms with van der Waals surface area (Å²) in [7, 11) is 1.62. The number of benzene rings is 1. The van der Waals surface area contributed by atoms with Crippen LogP contribution in [0.25, 0.3) is 10.9 Å². The van der Waals surface area contributed by atoms with Crippen LogP contribution >= 0.6 is 0 Å². The fourth-order valence-corrected chi connectivity index (χ4v) is 2.87. The Morgan fingerprint density at radius 1 is 1.45 bits per heavy atom. The number of methoxy groups -OCH3 is 1. The number of amides is 1. The zero-order valence-electron chi connectivity index (χ0n) is 13.3. The summed E-state index contributed by atoms with van der Waals surface area (Å²) in [6.07, 6.45) is 6.01. The zero-order valence-corrected chi connectivity index (χ0v) is 13.3. The number of carbonyl (C=O) groups excluding carboxylic acids is 1. The Kier molecular flexibility index (Phi) is 4.43. The number of aryl methyl sites for hydroxylation is 1. The number of ether oxygens (including phenoxy) is 1. The third-order valence-corrected chi connectivity index (χ3v) is 4.40. The molecule has 0 aliphatic heterocycles. The molecule has 22 heavy (non-hydrogen) atoms. The molecule has 1 amide bonds. The van der Waals surface area contributed by atoms with Crippen molar-refractivity contribution in [2.24, 2.45) is 5.92 Å². The average Bonchev–Trinajstić information content (AvgIpc) is 2.83. The summed E-state index contributed by atoms with van der Waals surface area (Å²) in [6.45, 7) is 3.98. The van der Waals surface area contributed by atoms with Crippen molar-refractivity contribution in [3.8, 4) is 0 Å². The lowest BCUT2D eigenvalue weighted by Gasteiger charge is -2.24. The van der Waals surface area contributed by atoms with Crippen molar-refractivity contribution in [1.29, 1.82) is 0 Å². The number of hydrogen-bond donors (Lipinski definition) is 1. The van der Waals surface area contributed by atoms with Gasteiger partial charge >= 0.3 is 0 Å². The highest BCUT2D eigenvalue weighted by Crippen LogP contribution is 2.28. The molecule has 0 spiro atoms. The van der Waals surface area contributed by atoms with Crippen molar-refractivity contribution >= 4 is 16.8 Å². The Labute approximate surface area is 130 Å². The first-order valence-electron chi connectivity index (χ1n) is 7.92. The third kappa shape index (κ3) is 3.14. The summed E-state index contributed by atoms with van der Waals surface area (Å²) in [5.74, 6) is 0.718. The minimum Gasteiger partial charge on any atom is -0.383 e. The first kappa shape index (κ1) is 15.0. The van der Waals surface area contributed by atoms with Gasteiger partial charge in [0, 0.05) is 37.3 Å². The lowest BCUT2D eigenvalue weighted by molar-refractivity contribution is 0.0936. The summed E-state index contributed by atoms with van der Waals surface area (Å²) >= 11 is 0. The quantitative estimate of drug-likeness (QED) is 0.834. The van der Waals surface area contributed by atoms with Crippen molar-refractivity contribution in [3.63, 3.8) is 0 Å². The molecule has 5 heteroatoms. The number of nitrogens with one attached hydrogen (secondary N) is 1. The summed E-state index contributed by atoms with van der Waals surface area (Å²) in [5, 5.41) is 8.54. The van der Waals surface area contributed by atoms with Gasteiger partial charge in [-0.05, 0) is 43.4 Å². The van der Waals surface area contributed by atoms with Crippen LogP contribution in [0.3, 0.4) is 0 Å². The molecule has 1 aliphatic carbocycles. The Bertz CT molecular complexity index is 674. The van der Waals surface area contributed by atoms with Crippen LogP contribution in [0, 0.1) is 12.8 Å². The third-order valence-electron chi connectivity index (χ3n) is 4.40. The van der Waals surface area contributed by atoms with Gasteiger partial charge in [0.25, 0.3) is 5.91 Å². The van der Waals surface area contributed by atoms with Crippen LogP contribution in [0.2, 0.25) is 0 Å². The zero-order chi connectivity index (χ0) is 15.5. The highest BCUT2D eigenvalue weighted by molar-refractivity contribution is 5.99. The molecule has 118 valence electrons. The van der Waals surface area contributed by atoms with Gasteiger partial charge in [0.15, 0.2) is 0 Å². The maximum absolute atomic E-state index is 12.2. The van der Waals surface area contributed by atoms with E-state index in [1.165, 1.54) is 19.3 Å². The average molecular weight is 301 g/mol. The number of carbonyl (C=O) groups is 1. The van der Waals surface area contributed by atoms with Gasteiger partial charge in [-0.1, -0.05) is 6.42 Å². The van der Waals surface area contributed by atoms with Crippen LogP contribution in [0.15, 0.2) is 18.3 Å². The first-order chi connectivity index (χ1) is 10.7. The topological polar surface area (TPSA) is 56.1 Å². The molecule has 3 rings (SSSR count). The summed E-state index contributed by atoms with van der Waals surface area (Å²) in [5.41, 5.74) is 2.63. The van der Waals surface area contributed by atoms with Crippen LogP contribution in [0.5, 0.6) is 0 Å². The number of fused-ring (bicyclic) bond motifs is 1. The lowest BCUT2D eigenvalue weighted by Crippen LogP contribution is -2.27. The minimum absolute atomic E-state index is 0.0526. The molecule has 1 N–H and O–H groups in total. The van der Waals surface area contributed by atoms with Crippen LogP contribution in [-0.2, 0) is 11.3 Å². The SMILES string of the molecule is COCCNC(=O)c1cc2cn(CC3CCC3)nc2cc1C. The molecular weight excluding hydrogens is 278 g/mol. The van der Waals surface area contributed by atoms with Gasteiger partial charge in [-0.15, -0.1) is 0 Å². The van der Waals surface area contributed by atoms with E-state index in [0.717, 1.165) is 28.9 Å². The largest absolute Gasteiger partial charge is 0.383 e. The molecule has 0 radical (unpaired) electrons. The van der Waals surface area contributed by atoms with Crippen molar-refractivity contribution in [3.05, 3.63) is 29.5 Å². The van der Waals surface area contributed by atoms with Gasteiger partial charge in [0.05, 0.1) is 12.1 Å². The number of hydrogen-bond acceptors (Lipinski definition) is 3. The van der Waals surface area contributed by atoms with E-state index >= 15 is 0 Å². The predicted molar refractivity (Wildman–Crippen MR) is 86.0 cm³/mol. The molecule has 0 atom stereocenters. The van der Waals surface area contributed by atoms with Gasteiger partial charge in [-0.3, -0.25) is 9.48 Å². The van der Waals surface area contributed by atoms with E-state index in [4.69, 9.17) is 4.74 Å². The van der Waals surface area contributed by atoms with Crippen LogP contribution in [0.4, 0.5) is 0 Å². The van der Waals surface area contributed by atoms with E-state index in [-0.39, 0.29) is 5.91 Å². The second-order valence-electron chi connectivity index (χ2n) is 6.12.